The number of ether oxygens (including phenoxy) is 2. The van der Waals surface area contributed by atoms with Crippen molar-refractivity contribution in [2.24, 2.45) is 11.7 Å². The molecule has 3 N–H and O–H groups in total. The summed E-state index contributed by atoms with van der Waals surface area (Å²) < 4.78 is 11.8. The van der Waals surface area contributed by atoms with E-state index in [1.54, 1.807) is 20.0 Å². The van der Waals surface area contributed by atoms with Gasteiger partial charge in [-0.3, -0.25) is 9.78 Å². The molecule has 1 amide bonds. The lowest BCUT2D eigenvalue weighted by atomic mass is 9.63. The van der Waals surface area contributed by atoms with Gasteiger partial charge < -0.3 is 20.3 Å². The number of hydrogen-bond donors (Lipinski definition) is 2. The Balaban J connectivity index is 1.88. The van der Waals surface area contributed by atoms with E-state index in [-0.39, 0.29) is 6.61 Å². The van der Waals surface area contributed by atoms with Crippen molar-refractivity contribution in [3.8, 4) is 5.75 Å². The van der Waals surface area contributed by atoms with Crippen LogP contribution >= 0.6 is 0 Å². The number of carbonyl (C=O) groups is 1. The second-order valence-corrected chi connectivity index (χ2v) is 9.19. The van der Waals surface area contributed by atoms with Gasteiger partial charge in [0.25, 0.3) is 0 Å². The maximum absolute atomic E-state index is 12.7. The zero-order valence-electron chi connectivity index (χ0n) is 18.9. The molecule has 4 atom stereocenters. The van der Waals surface area contributed by atoms with Gasteiger partial charge >= 0.3 is 0 Å². The van der Waals surface area contributed by atoms with Crippen LogP contribution in [0, 0.1) is 5.92 Å². The number of amides is 1. The second-order valence-electron chi connectivity index (χ2n) is 9.19. The summed E-state index contributed by atoms with van der Waals surface area (Å²) in [7, 11) is 0. The van der Waals surface area contributed by atoms with Crippen LogP contribution in [0.3, 0.4) is 0 Å². The summed E-state index contributed by atoms with van der Waals surface area (Å²) in [4.78, 5) is 17.2. The number of nitrogens with two attached hydrogens (primary N) is 1. The number of benzene rings is 1. The van der Waals surface area contributed by atoms with Crippen LogP contribution in [0.4, 0.5) is 0 Å². The number of aliphatic hydroxyl groups is 1. The minimum absolute atomic E-state index is 0.181. The van der Waals surface area contributed by atoms with Gasteiger partial charge in [0.15, 0.2) is 0 Å². The lowest BCUT2D eigenvalue weighted by Gasteiger charge is -2.52. The summed E-state index contributed by atoms with van der Waals surface area (Å²) in [5, 5.41) is 11.0. The molecule has 0 spiro atoms. The molecule has 2 aromatic rings. The average molecular weight is 427 g/mol. The van der Waals surface area contributed by atoms with E-state index in [9.17, 15) is 9.90 Å². The molecule has 1 fully saturated rings. The van der Waals surface area contributed by atoms with Crippen LogP contribution in [0.1, 0.15) is 57.7 Å². The highest BCUT2D eigenvalue weighted by molar-refractivity contribution is 5.89. The largest absolute Gasteiger partial charge is 0.492 e. The summed E-state index contributed by atoms with van der Waals surface area (Å²) >= 11 is 0. The van der Waals surface area contributed by atoms with Crippen molar-refractivity contribution in [3.05, 3.63) is 59.9 Å². The second kappa shape index (κ2) is 9.37. The maximum Gasteiger partial charge on any atom is 0.233 e. The van der Waals surface area contributed by atoms with E-state index in [4.69, 9.17) is 15.2 Å². The monoisotopic (exact) mass is 426 g/mol. The SMILES string of the molecule is CCCC(C)COc1ccc(C(C2OCC2(C(N)=O)c2ccccc2)C(C)(C)O)nc1. The molecular formula is C25H34N2O4. The minimum atomic E-state index is -1.19. The molecule has 0 saturated carbocycles. The molecule has 31 heavy (non-hydrogen) atoms. The number of hydrogen-bond acceptors (Lipinski definition) is 5. The summed E-state index contributed by atoms with van der Waals surface area (Å²) in [6, 6.07) is 13.1. The lowest BCUT2D eigenvalue weighted by Crippen LogP contribution is -2.67. The van der Waals surface area contributed by atoms with E-state index in [0.717, 1.165) is 18.4 Å². The highest BCUT2D eigenvalue weighted by Gasteiger charge is 2.60. The third-order valence-corrected chi connectivity index (χ3v) is 6.16. The Kier molecular flexibility index (Phi) is 7.02. The first-order chi connectivity index (χ1) is 14.7. The topological polar surface area (TPSA) is 94.7 Å². The highest BCUT2D eigenvalue weighted by Crippen LogP contribution is 2.48. The summed E-state index contributed by atoms with van der Waals surface area (Å²) in [5.41, 5.74) is 5.11. The van der Waals surface area contributed by atoms with E-state index in [2.05, 4.69) is 18.8 Å². The molecule has 2 heterocycles. The summed E-state index contributed by atoms with van der Waals surface area (Å²) in [6.45, 7) is 8.54. The van der Waals surface area contributed by atoms with Crippen LogP contribution in [0.5, 0.6) is 5.75 Å². The predicted molar refractivity (Wildman–Crippen MR) is 120 cm³/mol. The van der Waals surface area contributed by atoms with E-state index in [1.807, 2.05) is 42.5 Å². The Hall–Kier alpha value is -2.44. The molecule has 4 unspecified atom stereocenters. The van der Waals surface area contributed by atoms with Crippen molar-refractivity contribution in [1.82, 2.24) is 4.98 Å². The molecule has 3 rings (SSSR count). The number of carbonyl (C=O) groups excluding carboxylic acids is 1. The number of pyridine rings is 1. The number of aromatic nitrogens is 1. The van der Waals surface area contributed by atoms with Gasteiger partial charge in [-0.1, -0.05) is 50.6 Å². The van der Waals surface area contributed by atoms with Crippen molar-refractivity contribution < 1.29 is 19.4 Å². The van der Waals surface area contributed by atoms with Gasteiger partial charge in [0.1, 0.15) is 11.2 Å². The fourth-order valence-corrected chi connectivity index (χ4v) is 4.43. The van der Waals surface area contributed by atoms with E-state index < -0.39 is 28.9 Å². The zero-order chi connectivity index (χ0) is 22.6. The van der Waals surface area contributed by atoms with Crippen LogP contribution in [-0.2, 0) is 14.9 Å². The Labute approximate surface area is 184 Å². The van der Waals surface area contributed by atoms with Crippen molar-refractivity contribution in [2.45, 2.75) is 63.6 Å². The van der Waals surface area contributed by atoms with E-state index >= 15 is 0 Å². The number of rotatable bonds is 10. The van der Waals surface area contributed by atoms with Gasteiger partial charge in [0.2, 0.25) is 5.91 Å². The summed E-state index contributed by atoms with van der Waals surface area (Å²) in [5.74, 6) is 0.135. The molecule has 0 radical (unpaired) electrons. The number of primary amides is 1. The van der Waals surface area contributed by atoms with Gasteiger partial charge in [-0.25, -0.2) is 0 Å². The predicted octanol–water partition coefficient (Wildman–Crippen LogP) is 3.57. The summed E-state index contributed by atoms with van der Waals surface area (Å²) in [6.07, 6.45) is 3.27. The standard InChI is InChI=1S/C25H34N2O4/c1-5-9-17(2)15-30-19-12-13-20(27-14-19)21(24(3,4)29)22-25(16-31-22,23(26)28)18-10-7-6-8-11-18/h6-8,10-14,17,21-22,29H,5,9,15-16H2,1-4H3,(H2,26,28). The van der Waals surface area contributed by atoms with Gasteiger partial charge in [0, 0.05) is 5.69 Å². The fourth-order valence-electron chi connectivity index (χ4n) is 4.43. The van der Waals surface area contributed by atoms with Crippen molar-refractivity contribution in [3.63, 3.8) is 0 Å². The normalized spacial score (nSPS) is 22.9. The quantitative estimate of drug-likeness (QED) is 0.606. The minimum Gasteiger partial charge on any atom is -0.492 e. The molecule has 168 valence electrons. The smallest absolute Gasteiger partial charge is 0.233 e. The van der Waals surface area contributed by atoms with Gasteiger partial charge in [-0.15, -0.1) is 0 Å². The van der Waals surface area contributed by atoms with Gasteiger partial charge in [0.05, 0.1) is 37.0 Å². The molecule has 0 aliphatic carbocycles. The van der Waals surface area contributed by atoms with E-state index in [1.165, 1.54) is 0 Å². The first-order valence-corrected chi connectivity index (χ1v) is 11.0. The lowest BCUT2D eigenvalue weighted by molar-refractivity contribution is -0.185. The molecule has 0 bridgehead atoms. The van der Waals surface area contributed by atoms with Crippen LogP contribution in [-0.4, -0.2) is 40.9 Å². The molecule has 1 aliphatic rings. The molecule has 1 aromatic heterocycles. The van der Waals surface area contributed by atoms with E-state index in [0.29, 0.717) is 24.0 Å². The van der Waals surface area contributed by atoms with Crippen molar-refractivity contribution >= 4 is 5.91 Å². The highest BCUT2D eigenvalue weighted by atomic mass is 16.5. The third kappa shape index (κ3) is 4.75. The Morgan fingerprint density at radius 1 is 1.32 bits per heavy atom. The molecule has 1 aliphatic heterocycles. The number of nitrogens with zero attached hydrogens (tertiary/aromatic N) is 1. The zero-order valence-corrected chi connectivity index (χ0v) is 18.9. The molecule has 1 saturated heterocycles. The first-order valence-electron chi connectivity index (χ1n) is 11.0. The molecule has 6 heteroatoms. The maximum atomic E-state index is 12.7. The first kappa shape index (κ1) is 23.2. The van der Waals surface area contributed by atoms with Crippen LogP contribution in [0.15, 0.2) is 48.7 Å². The Morgan fingerprint density at radius 3 is 2.52 bits per heavy atom. The van der Waals surface area contributed by atoms with Crippen molar-refractivity contribution in [1.29, 1.82) is 0 Å². The van der Waals surface area contributed by atoms with Crippen LogP contribution in [0.2, 0.25) is 0 Å². The van der Waals surface area contributed by atoms with Crippen LogP contribution in [0.25, 0.3) is 0 Å². The molecule has 6 nitrogen and oxygen atoms in total. The molecule has 1 aromatic carbocycles. The fraction of sp³-hybridized carbons (Fsp3) is 0.520. The average Bonchev–Trinajstić information content (AvgIpc) is 2.70. The van der Waals surface area contributed by atoms with Gasteiger partial charge in [-0.2, -0.15) is 0 Å². The van der Waals surface area contributed by atoms with Gasteiger partial charge in [-0.05, 0) is 43.9 Å². The van der Waals surface area contributed by atoms with Crippen molar-refractivity contribution in [2.75, 3.05) is 13.2 Å². The molecular weight excluding hydrogens is 392 g/mol. The Bertz CT molecular complexity index is 863. The third-order valence-electron chi connectivity index (χ3n) is 6.16. The Morgan fingerprint density at radius 2 is 2.03 bits per heavy atom. The van der Waals surface area contributed by atoms with Crippen LogP contribution < -0.4 is 10.5 Å².